The number of amides is 1. The maximum Gasteiger partial charge on any atom is 0.408 e. The molecular weight excluding hydrogens is 304 g/mol. The van der Waals surface area contributed by atoms with Gasteiger partial charge in [0.1, 0.15) is 5.60 Å². The summed E-state index contributed by atoms with van der Waals surface area (Å²) in [5.41, 5.74) is -2.50. The highest BCUT2D eigenvalue weighted by molar-refractivity contribution is 5.88. The van der Waals surface area contributed by atoms with Gasteiger partial charge in [-0.05, 0) is 34.1 Å². The first-order chi connectivity index (χ1) is 10.6. The third-order valence-electron chi connectivity index (χ3n) is 4.12. The molecule has 128 valence electrons. The van der Waals surface area contributed by atoms with E-state index in [0.29, 0.717) is 6.42 Å². The van der Waals surface area contributed by atoms with Crippen LogP contribution in [-0.2, 0) is 14.3 Å². The van der Waals surface area contributed by atoms with Gasteiger partial charge >= 0.3 is 12.1 Å². The average molecular weight is 326 g/mol. The van der Waals surface area contributed by atoms with Crippen LogP contribution in [0.2, 0.25) is 0 Å². The molecule has 1 saturated carbocycles. The number of rotatable bonds is 4. The number of carbonyl (C=O) groups is 2. The summed E-state index contributed by atoms with van der Waals surface area (Å²) in [6.07, 6.45) is 3.03. The standard InChI is InChI=1S/C15H22N2O6/c1-5-22-12(18)15(16-13(19)23-14(2,3)4)10-7-6-9(8-10)11(15)17(20)21/h6-7,9-11H,5,8H2,1-4H3,(H,16,19)/t9-,10+,11+,15+/m1/s1. The molecule has 23 heavy (non-hydrogen) atoms. The van der Waals surface area contributed by atoms with Crippen LogP contribution in [0.3, 0.4) is 0 Å². The summed E-state index contributed by atoms with van der Waals surface area (Å²) in [4.78, 5) is 35.8. The largest absolute Gasteiger partial charge is 0.464 e. The van der Waals surface area contributed by atoms with Crippen LogP contribution in [0.15, 0.2) is 12.2 Å². The van der Waals surface area contributed by atoms with Crippen molar-refractivity contribution in [3.8, 4) is 0 Å². The lowest BCUT2D eigenvalue weighted by Gasteiger charge is -2.35. The topological polar surface area (TPSA) is 108 Å². The molecule has 2 rings (SSSR count). The van der Waals surface area contributed by atoms with E-state index in [0.717, 1.165) is 0 Å². The molecule has 8 nitrogen and oxygen atoms in total. The van der Waals surface area contributed by atoms with Crippen molar-refractivity contribution in [3.63, 3.8) is 0 Å². The van der Waals surface area contributed by atoms with Crippen LogP contribution in [0.25, 0.3) is 0 Å². The van der Waals surface area contributed by atoms with Gasteiger partial charge in [0.2, 0.25) is 5.54 Å². The fourth-order valence-electron chi connectivity index (χ4n) is 3.39. The van der Waals surface area contributed by atoms with Crippen molar-refractivity contribution >= 4 is 12.1 Å². The zero-order valence-corrected chi connectivity index (χ0v) is 13.7. The average Bonchev–Trinajstić information content (AvgIpc) is 2.95. The Bertz CT molecular complexity index is 553. The maximum absolute atomic E-state index is 12.5. The molecule has 0 radical (unpaired) electrons. The molecule has 0 unspecified atom stereocenters. The van der Waals surface area contributed by atoms with Gasteiger partial charge in [0.15, 0.2) is 0 Å². The molecular formula is C15H22N2O6. The van der Waals surface area contributed by atoms with Crippen molar-refractivity contribution in [3.05, 3.63) is 22.3 Å². The van der Waals surface area contributed by atoms with Gasteiger partial charge in [0, 0.05) is 16.8 Å². The number of carbonyl (C=O) groups excluding carboxylic acids is 2. The van der Waals surface area contributed by atoms with E-state index in [9.17, 15) is 19.7 Å². The summed E-state index contributed by atoms with van der Waals surface area (Å²) >= 11 is 0. The van der Waals surface area contributed by atoms with Crippen molar-refractivity contribution in [2.75, 3.05) is 6.61 Å². The van der Waals surface area contributed by atoms with Gasteiger partial charge in [-0.1, -0.05) is 12.2 Å². The van der Waals surface area contributed by atoms with Crippen molar-refractivity contribution in [1.82, 2.24) is 5.32 Å². The van der Waals surface area contributed by atoms with E-state index in [-0.39, 0.29) is 6.61 Å². The first-order valence-corrected chi connectivity index (χ1v) is 7.62. The summed E-state index contributed by atoms with van der Waals surface area (Å²) < 4.78 is 10.2. The minimum atomic E-state index is -1.72. The number of hydrogen-bond donors (Lipinski definition) is 1. The third-order valence-corrected chi connectivity index (χ3v) is 4.12. The van der Waals surface area contributed by atoms with E-state index in [4.69, 9.17) is 9.47 Å². The van der Waals surface area contributed by atoms with Gasteiger partial charge in [0.05, 0.1) is 6.61 Å². The highest BCUT2D eigenvalue weighted by Crippen LogP contribution is 2.48. The van der Waals surface area contributed by atoms with E-state index in [1.165, 1.54) is 0 Å². The van der Waals surface area contributed by atoms with Gasteiger partial charge < -0.3 is 9.47 Å². The molecule has 1 fully saturated rings. The van der Waals surface area contributed by atoms with E-state index in [1.54, 1.807) is 39.8 Å². The highest BCUT2D eigenvalue weighted by Gasteiger charge is 2.69. The second kappa shape index (κ2) is 5.82. The predicted octanol–water partition coefficient (Wildman–Crippen LogP) is 1.66. The minimum Gasteiger partial charge on any atom is -0.464 e. The van der Waals surface area contributed by atoms with E-state index < -0.39 is 46.0 Å². The van der Waals surface area contributed by atoms with Gasteiger partial charge in [0.25, 0.3) is 6.04 Å². The normalized spacial score (nSPS) is 31.7. The van der Waals surface area contributed by atoms with Crippen LogP contribution in [0, 0.1) is 22.0 Å². The second-order valence-electron chi connectivity index (χ2n) is 6.84. The van der Waals surface area contributed by atoms with Crippen LogP contribution in [0.4, 0.5) is 4.79 Å². The van der Waals surface area contributed by atoms with E-state index >= 15 is 0 Å². The van der Waals surface area contributed by atoms with Crippen LogP contribution in [0.1, 0.15) is 34.1 Å². The Hall–Kier alpha value is -2.12. The Morgan fingerprint density at radius 1 is 1.39 bits per heavy atom. The van der Waals surface area contributed by atoms with E-state index in [2.05, 4.69) is 5.32 Å². The van der Waals surface area contributed by atoms with Gasteiger partial charge in [-0.3, -0.25) is 15.4 Å². The summed E-state index contributed by atoms with van der Waals surface area (Å²) in [6, 6.07) is -1.26. The molecule has 0 saturated heterocycles. The Labute approximate surface area is 134 Å². The summed E-state index contributed by atoms with van der Waals surface area (Å²) in [7, 11) is 0. The molecule has 0 aromatic heterocycles. The first-order valence-electron chi connectivity index (χ1n) is 7.62. The molecule has 1 N–H and O–H groups in total. The summed E-state index contributed by atoms with van der Waals surface area (Å²) in [5.74, 6) is -1.67. The smallest absolute Gasteiger partial charge is 0.408 e. The molecule has 0 spiro atoms. The van der Waals surface area contributed by atoms with Crippen LogP contribution in [0.5, 0.6) is 0 Å². The molecule has 0 aromatic carbocycles. The molecule has 0 aromatic rings. The lowest BCUT2D eigenvalue weighted by atomic mass is 9.80. The molecule has 2 bridgehead atoms. The fourth-order valence-corrected chi connectivity index (χ4v) is 3.39. The first kappa shape index (κ1) is 17.2. The molecule has 0 heterocycles. The van der Waals surface area contributed by atoms with Crippen molar-refractivity contribution < 1.29 is 24.0 Å². The summed E-state index contributed by atoms with van der Waals surface area (Å²) in [6.45, 7) is 6.71. The van der Waals surface area contributed by atoms with E-state index in [1.807, 2.05) is 0 Å². The number of nitrogens with one attached hydrogen (secondary N) is 1. The quantitative estimate of drug-likeness (QED) is 0.364. The number of hydrogen-bond acceptors (Lipinski definition) is 6. The number of ether oxygens (including phenoxy) is 2. The van der Waals surface area contributed by atoms with Crippen LogP contribution in [-0.4, -0.2) is 40.8 Å². The number of esters is 1. The zero-order valence-electron chi connectivity index (χ0n) is 13.7. The molecule has 8 heteroatoms. The van der Waals surface area contributed by atoms with Gasteiger partial charge in [-0.25, -0.2) is 9.59 Å². The number of alkyl carbamates (subject to hydrolysis) is 1. The highest BCUT2D eigenvalue weighted by atomic mass is 16.6. The van der Waals surface area contributed by atoms with Crippen molar-refractivity contribution in [2.45, 2.75) is 51.3 Å². The SMILES string of the molecule is CCOC(=O)[C@@]1(NC(=O)OC(C)(C)C)[C@@H]([N+](=O)[O-])[C@@H]2C=C[C@H]1C2. The van der Waals surface area contributed by atoms with Crippen LogP contribution < -0.4 is 5.32 Å². The second-order valence-corrected chi connectivity index (χ2v) is 6.84. The summed E-state index contributed by atoms with van der Waals surface area (Å²) in [5, 5.41) is 14.0. The monoisotopic (exact) mass is 326 g/mol. The predicted molar refractivity (Wildman–Crippen MR) is 80.3 cm³/mol. The lowest BCUT2D eigenvalue weighted by molar-refractivity contribution is -0.535. The Balaban J connectivity index is 2.37. The maximum atomic E-state index is 12.5. The molecule has 0 aliphatic heterocycles. The molecule has 4 atom stereocenters. The van der Waals surface area contributed by atoms with Crippen molar-refractivity contribution in [1.29, 1.82) is 0 Å². The number of nitro groups is 1. The van der Waals surface area contributed by atoms with Crippen LogP contribution >= 0.6 is 0 Å². The molecule has 2 aliphatic carbocycles. The number of nitrogens with zero attached hydrogens (tertiary/aromatic N) is 1. The Kier molecular flexibility index (Phi) is 4.37. The fraction of sp³-hybridized carbons (Fsp3) is 0.733. The minimum absolute atomic E-state index is 0.0715. The van der Waals surface area contributed by atoms with Gasteiger partial charge in [-0.2, -0.15) is 0 Å². The van der Waals surface area contributed by atoms with Crippen molar-refractivity contribution in [2.24, 2.45) is 11.8 Å². The number of fused-ring (bicyclic) bond motifs is 2. The zero-order chi connectivity index (χ0) is 17.4. The third kappa shape index (κ3) is 3.02. The molecule has 2 aliphatic rings. The van der Waals surface area contributed by atoms with Gasteiger partial charge in [-0.15, -0.1) is 0 Å². The Morgan fingerprint density at radius 2 is 2.04 bits per heavy atom. The lowest BCUT2D eigenvalue weighted by Crippen LogP contribution is -2.67. The Morgan fingerprint density at radius 3 is 2.57 bits per heavy atom. The molecule has 1 amide bonds.